The second-order valence-electron chi connectivity index (χ2n) is 8.56. The summed E-state index contributed by atoms with van der Waals surface area (Å²) < 4.78 is 0. The highest BCUT2D eigenvalue weighted by molar-refractivity contribution is 8.00. The highest BCUT2D eigenvalue weighted by Gasteiger charge is 2.14. The van der Waals surface area contributed by atoms with E-state index in [0.29, 0.717) is 0 Å². The van der Waals surface area contributed by atoms with Gasteiger partial charge in [-0.05, 0) is 72.8 Å². The van der Waals surface area contributed by atoms with Gasteiger partial charge in [-0.15, -0.1) is 0 Å². The van der Waals surface area contributed by atoms with E-state index in [0.717, 1.165) is 0 Å². The molecule has 0 spiro atoms. The van der Waals surface area contributed by atoms with Crippen molar-refractivity contribution in [3.05, 3.63) is 180 Å². The lowest BCUT2D eigenvalue weighted by Crippen LogP contribution is -1.83. The van der Waals surface area contributed by atoms with E-state index in [1.165, 1.54) is 39.4 Å². The lowest BCUT2D eigenvalue weighted by molar-refractivity contribution is -0.535. The number of rotatable bonds is 8. The highest BCUT2D eigenvalue weighted by Crippen LogP contribution is 2.33. The molecule has 0 atom stereocenters. The molecule has 4 heteroatoms. The summed E-state index contributed by atoms with van der Waals surface area (Å²) in [7, 11) is 2.36. The molecule has 196 valence electrons. The van der Waals surface area contributed by atoms with E-state index >= 15 is 0 Å². The molecule has 0 aliphatic carbocycles. The third-order valence-electron chi connectivity index (χ3n) is 5.53. The Morgan fingerprint density at radius 3 is 0.775 bits per heavy atom. The molecule has 0 aliphatic rings. The van der Waals surface area contributed by atoms with E-state index in [4.69, 9.17) is 0 Å². The molecule has 0 saturated heterocycles. The maximum atomic E-state index is 2.36. The SMILES string of the molecule is c1ccc(Sc2ccc(Sc3ccc([Cl+]c4ccc(Sc5ccccc5)cc4)cc3)cc2)cc1.c1ccccc1. The fourth-order valence-corrected chi connectivity index (χ4v) is 6.85. The third kappa shape index (κ3) is 9.39. The Bertz CT molecular complexity index is 1400. The number of hydrogen-bond acceptors (Lipinski definition) is 3. The van der Waals surface area contributed by atoms with Crippen molar-refractivity contribution in [3.8, 4) is 0 Å². The largest absolute Gasteiger partial charge is 0.235 e. The van der Waals surface area contributed by atoms with Crippen LogP contribution in [0.2, 0.25) is 10.0 Å². The van der Waals surface area contributed by atoms with Gasteiger partial charge in [0.2, 0.25) is 20.8 Å². The first-order valence-electron chi connectivity index (χ1n) is 12.9. The molecule has 0 bridgehead atoms. The molecule has 0 heterocycles. The van der Waals surface area contributed by atoms with Crippen molar-refractivity contribution in [1.82, 2.24) is 0 Å². The van der Waals surface area contributed by atoms with Crippen molar-refractivity contribution >= 4 is 35.3 Å². The van der Waals surface area contributed by atoms with Crippen LogP contribution in [0, 0.1) is 10.8 Å². The molecular formula is C36H28ClS3+. The zero-order chi connectivity index (χ0) is 27.2. The van der Waals surface area contributed by atoms with Crippen LogP contribution in [0.4, 0.5) is 0 Å². The molecule has 0 nitrogen and oxygen atoms in total. The van der Waals surface area contributed by atoms with Crippen LogP contribution in [0.25, 0.3) is 0 Å². The molecule has 0 fully saturated rings. The third-order valence-corrected chi connectivity index (χ3v) is 9.52. The maximum absolute atomic E-state index is 2.36. The summed E-state index contributed by atoms with van der Waals surface area (Å²) in [5, 5.41) is 2.40. The van der Waals surface area contributed by atoms with Crippen molar-refractivity contribution in [2.45, 2.75) is 29.4 Å². The molecule has 0 unspecified atom stereocenters. The smallest absolute Gasteiger partial charge is 0.0901 e. The first-order chi connectivity index (χ1) is 19.8. The molecule has 0 saturated carbocycles. The molecule has 6 aromatic carbocycles. The Labute approximate surface area is 254 Å². The second-order valence-corrected chi connectivity index (χ2v) is 13.1. The number of halogens is 1. The summed E-state index contributed by atoms with van der Waals surface area (Å²) in [5.74, 6) is 0. The summed E-state index contributed by atoms with van der Waals surface area (Å²) in [6.07, 6.45) is 0. The monoisotopic (exact) mass is 591 g/mol. The van der Waals surface area contributed by atoms with Gasteiger partial charge in [-0.3, -0.25) is 0 Å². The average Bonchev–Trinajstić information content (AvgIpc) is 3.02. The van der Waals surface area contributed by atoms with Gasteiger partial charge in [0.25, 0.3) is 0 Å². The van der Waals surface area contributed by atoms with Gasteiger partial charge in [0, 0.05) is 53.6 Å². The minimum atomic E-state index is 1.20. The van der Waals surface area contributed by atoms with Crippen molar-refractivity contribution in [2.75, 3.05) is 0 Å². The van der Waals surface area contributed by atoms with E-state index in [1.807, 2.05) is 42.5 Å². The Hall–Kier alpha value is -3.34. The molecule has 40 heavy (non-hydrogen) atoms. The van der Waals surface area contributed by atoms with E-state index in [2.05, 4.69) is 138 Å². The minimum absolute atomic E-state index is 1.20. The van der Waals surface area contributed by atoms with Crippen molar-refractivity contribution < 1.29 is 10.8 Å². The van der Waals surface area contributed by atoms with Gasteiger partial charge < -0.3 is 0 Å². The Morgan fingerprint density at radius 2 is 0.475 bits per heavy atom. The lowest BCUT2D eigenvalue weighted by Gasteiger charge is -2.04. The van der Waals surface area contributed by atoms with Crippen LogP contribution in [0.15, 0.2) is 199 Å². The van der Waals surface area contributed by atoms with Crippen LogP contribution in [0.3, 0.4) is 0 Å². The van der Waals surface area contributed by atoms with Crippen LogP contribution in [0.5, 0.6) is 0 Å². The topological polar surface area (TPSA) is 0 Å². The summed E-state index contributed by atoms with van der Waals surface area (Å²) in [6, 6.07) is 59.2. The van der Waals surface area contributed by atoms with Crippen LogP contribution in [-0.4, -0.2) is 0 Å². The zero-order valence-corrected chi connectivity index (χ0v) is 25.0. The molecule has 0 radical (unpaired) electrons. The molecule has 6 aromatic rings. The van der Waals surface area contributed by atoms with Crippen molar-refractivity contribution in [3.63, 3.8) is 0 Å². The van der Waals surface area contributed by atoms with Crippen molar-refractivity contribution in [2.24, 2.45) is 0 Å². The van der Waals surface area contributed by atoms with Crippen LogP contribution in [0.1, 0.15) is 0 Å². The molecular weight excluding hydrogens is 564 g/mol. The minimum Gasteiger partial charge on any atom is -0.0901 e. The van der Waals surface area contributed by atoms with E-state index in [-0.39, 0.29) is 0 Å². The standard InChI is InChI=1S/C30H22ClS3.C6H6/c1-3-7-25(8-4-1)32-27-15-11-23(12-16-27)31-24-13-17-28(18-14-24)34-30-21-19-29(20-22-30)33-26-9-5-2-6-10-26;1-2-4-6-5-3-1/h1-22H;1-6H/q+1;. The Balaban J connectivity index is 0.000000477. The van der Waals surface area contributed by atoms with Gasteiger partial charge in [-0.2, -0.15) is 0 Å². The highest BCUT2D eigenvalue weighted by atomic mass is 35.5. The van der Waals surface area contributed by atoms with Gasteiger partial charge in [-0.25, -0.2) is 0 Å². The van der Waals surface area contributed by atoms with Gasteiger partial charge >= 0.3 is 0 Å². The normalized spacial score (nSPS) is 10.4. The first kappa shape index (κ1) is 28.2. The van der Waals surface area contributed by atoms with Crippen LogP contribution >= 0.6 is 35.3 Å². The molecule has 0 amide bonds. The maximum Gasteiger partial charge on any atom is 0.235 e. The molecule has 0 aromatic heterocycles. The van der Waals surface area contributed by atoms with Gasteiger partial charge in [-0.1, -0.05) is 108 Å². The van der Waals surface area contributed by atoms with E-state index in [1.54, 1.807) is 35.3 Å². The van der Waals surface area contributed by atoms with E-state index in [9.17, 15) is 0 Å². The summed E-state index contributed by atoms with van der Waals surface area (Å²) in [4.78, 5) is 7.52. The summed E-state index contributed by atoms with van der Waals surface area (Å²) in [5.41, 5.74) is 0. The number of benzene rings is 6. The summed E-state index contributed by atoms with van der Waals surface area (Å²) in [6.45, 7) is 0. The van der Waals surface area contributed by atoms with Gasteiger partial charge in [0.1, 0.15) is 0 Å². The first-order valence-corrected chi connectivity index (χ1v) is 16.1. The average molecular weight is 592 g/mol. The zero-order valence-electron chi connectivity index (χ0n) is 21.8. The number of hydrogen-bond donors (Lipinski definition) is 0. The Kier molecular flexibility index (Phi) is 10.9. The second kappa shape index (κ2) is 15.4. The fourth-order valence-electron chi connectivity index (χ4n) is 3.60. The van der Waals surface area contributed by atoms with Gasteiger partial charge in [0.15, 0.2) is 0 Å². The lowest BCUT2D eigenvalue weighted by atomic mass is 10.4. The molecule has 0 N–H and O–H groups in total. The Morgan fingerprint density at radius 1 is 0.250 bits per heavy atom. The van der Waals surface area contributed by atoms with Crippen LogP contribution in [-0.2, 0) is 0 Å². The predicted molar refractivity (Wildman–Crippen MR) is 169 cm³/mol. The van der Waals surface area contributed by atoms with E-state index < -0.39 is 0 Å². The van der Waals surface area contributed by atoms with Crippen LogP contribution < -0.4 is 0 Å². The summed E-state index contributed by atoms with van der Waals surface area (Å²) >= 11 is 5.37. The van der Waals surface area contributed by atoms with Crippen molar-refractivity contribution in [1.29, 1.82) is 0 Å². The predicted octanol–water partition coefficient (Wildman–Crippen LogP) is 11.4. The fraction of sp³-hybridized carbons (Fsp3) is 0. The molecule has 6 rings (SSSR count). The quantitative estimate of drug-likeness (QED) is 0.173. The molecule has 0 aliphatic heterocycles. The van der Waals surface area contributed by atoms with Gasteiger partial charge in [0.05, 0.1) is 0 Å².